The molecule has 0 bridgehead atoms. The minimum atomic E-state index is -0.398. The number of nitrogens with zero attached hydrogens (tertiary/aromatic N) is 3. The van der Waals surface area contributed by atoms with Crippen molar-refractivity contribution >= 4 is 11.9 Å². The zero-order valence-electron chi connectivity index (χ0n) is 12.1. The third kappa shape index (κ3) is 2.79. The fraction of sp³-hybridized carbons (Fsp3) is 0.357. The molecule has 0 saturated carbocycles. The zero-order chi connectivity index (χ0) is 14.7. The van der Waals surface area contributed by atoms with Crippen LogP contribution in [0, 0.1) is 20.8 Å². The highest BCUT2D eigenvalue weighted by atomic mass is 16.5. The first-order chi connectivity index (χ1) is 9.52. The average Bonchev–Trinajstić information content (AvgIpc) is 2.71. The lowest BCUT2D eigenvalue weighted by atomic mass is 10.2. The smallest absolute Gasteiger partial charge is 0.341 e. The molecular weight excluding hydrogens is 256 g/mol. The maximum Gasteiger partial charge on any atom is 0.341 e. The molecule has 0 saturated heterocycles. The van der Waals surface area contributed by atoms with Crippen molar-refractivity contribution < 1.29 is 9.53 Å². The number of hydrogen-bond donors (Lipinski definition) is 1. The van der Waals surface area contributed by atoms with E-state index in [1.807, 2.05) is 30.7 Å². The molecule has 2 aromatic rings. The number of aromatic nitrogens is 3. The number of nitrogens with one attached hydrogen (secondary N) is 1. The minimum Gasteiger partial charge on any atom is -0.462 e. The lowest BCUT2D eigenvalue weighted by molar-refractivity contribution is 0.0524. The summed E-state index contributed by atoms with van der Waals surface area (Å²) in [7, 11) is 0. The Hall–Kier alpha value is -2.37. The summed E-state index contributed by atoms with van der Waals surface area (Å²) in [4.78, 5) is 20.1. The Bertz CT molecular complexity index is 615. The zero-order valence-corrected chi connectivity index (χ0v) is 12.1. The molecule has 0 unspecified atom stereocenters. The number of hydrogen-bond acceptors (Lipinski definition) is 5. The van der Waals surface area contributed by atoms with E-state index < -0.39 is 5.97 Å². The largest absolute Gasteiger partial charge is 0.462 e. The summed E-state index contributed by atoms with van der Waals surface area (Å²) in [6.07, 6.45) is 1.48. The summed E-state index contributed by atoms with van der Waals surface area (Å²) < 4.78 is 6.84. The number of aryl methyl sites for hydroxylation is 3. The van der Waals surface area contributed by atoms with E-state index in [0.29, 0.717) is 23.8 Å². The van der Waals surface area contributed by atoms with Gasteiger partial charge in [-0.05, 0) is 39.8 Å². The Balaban J connectivity index is 2.23. The predicted molar refractivity (Wildman–Crippen MR) is 75.7 cm³/mol. The van der Waals surface area contributed by atoms with Gasteiger partial charge < -0.3 is 4.74 Å². The van der Waals surface area contributed by atoms with Crippen LogP contribution in [0.15, 0.2) is 18.3 Å². The van der Waals surface area contributed by atoms with Gasteiger partial charge in [0.25, 0.3) is 0 Å². The second kappa shape index (κ2) is 5.73. The molecule has 0 aromatic carbocycles. The van der Waals surface area contributed by atoms with Gasteiger partial charge in [-0.15, -0.1) is 0 Å². The van der Waals surface area contributed by atoms with Crippen molar-refractivity contribution in [1.82, 2.24) is 14.6 Å². The molecule has 1 N–H and O–H groups in total. The van der Waals surface area contributed by atoms with Crippen LogP contribution < -0.4 is 5.43 Å². The Morgan fingerprint density at radius 1 is 1.30 bits per heavy atom. The van der Waals surface area contributed by atoms with E-state index in [1.165, 1.54) is 6.20 Å². The molecule has 0 radical (unpaired) electrons. The van der Waals surface area contributed by atoms with Crippen molar-refractivity contribution in [2.75, 3.05) is 12.0 Å². The number of ether oxygens (including phenoxy) is 1. The van der Waals surface area contributed by atoms with Crippen molar-refractivity contribution in [2.45, 2.75) is 27.7 Å². The fourth-order valence-corrected chi connectivity index (χ4v) is 1.87. The average molecular weight is 274 g/mol. The van der Waals surface area contributed by atoms with Crippen LogP contribution in [-0.4, -0.2) is 27.2 Å². The molecule has 6 heteroatoms. The van der Waals surface area contributed by atoms with Crippen molar-refractivity contribution in [3.63, 3.8) is 0 Å². The Labute approximate surface area is 117 Å². The Morgan fingerprint density at radius 2 is 1.95 bits per heavy atom. The van der Waals surface area contributed by atoms with Gasteiger partial charge in [0, 0.05) is 17.6 Å². The molecule has 0 spiro atoms. The lowest BCUT2D eigenvalue weighted by Crippen LogP contribution is -2.16. The Kier molecular flexibility index (Phi) is 4.02. The summed E-state index contributed by atoms with van der Waals surface area (Å²) >= 11 is 0. The summed E-state index contributed by atoms with van der Waals surface area (Å²) in [5, 5.41) is 0. The predicted octanol–water partition coefficient (Wildman–Crippen LogP) is 2.26. The molecule has 0 amide bonds. The molecule has 20 heavy (non-hydrogen) atoms. The summed E-state index contributed by atoms with van der Waals surface area (Å²) in [6, 6.07) is 4.00. The highest BCUT2D eigenvalue weighted by Gasteiger charge is 2.13. The van der Waals surface area contributed by atoms with Crippen molar-refractivity contribution in [3.05, 3.63) is 41.0 Å². The summed E-state index contributed by atoms with van der Waals surface area (Å²) in [5.41, 5.74) is 6.18. The van der Waals surface area contributed by atoms with E-state index >= 15 is 0 Å². The standard InChI is InChI=1S/C14H18N4O2/c1-5-20-13(19)12-8-15-14(16-11(12)4)17-18-9(2)6-7-10(18)3/h6-8H,5H2,1-4H3,(H,15,16,17). The first-order valence-corrected chi connectivity index (χ1v) is 6.45. The van der Waals surface area contributed by atoms with E-state index in [1.54, 1.807) is 13.8 Å². The second-order valence-corrected chi connectivity index (χ2v) is 4.48. The first kappa shape index (κ1) is 14.0. The molecular formula is C14H18N4O2. The van der Waals surface area contributed by atoms with Crippen molar-refractivity contribution in [1.29, 1.82) is 0 Å². The first-order valence-electron chi connectivity index (χ1n) is 6.45. The van der Waals surface area contributed by atoms with E-state index in [2.05, 4.69) is 15.4 Å². The Morgan fingerprint density at radius 3 is 2.50 bits per heavy atom. The number of carbonyl (C=O) groups excluding carboxylic acids is 1. The highest BCUT2D eigenvalue weighted by Crippen LogP contribution is 2.11. The van der Waals surface area contributed by atoms with Crippen LogP contribution in [0.1, 0.15) is 34.4 Å². The minimum absolute atomic E-state index is 0.333. The van der Waals surface area contributed by atoms with Gasteiger partial charge >= 0.3 is 5.97 Å². The van der Waals surface area contributed by atoms with Gasteiger partial charge in [-0.3, -0.25) is 10.1 Å². The molecule has 2 rings (SSSR count). The van der Waals surface area contributed by atoms with Crippen LogP contribution in [0.4, 0.5) is 5.95 Å². The molecule has 0 fully saturated rings. The van der Waals surface area contributed by atoms with Crippen molar-refractivity contribution in [3.8, 4) is 0 Å². The maximum atomic E-state index is 11.7. The van der Waals surface area contributed by atoms with Gasteiger partial charge in [0.2, 0.25) is 5.95 Å². The molecule has 106 valence electrons. The number of anilines is 1. The van der Waals surface area contributed by atoms with Gasteiger partial charge in [-0.2, -0.15) is 0 Å². The molecule has 2 aromatic heterocycles. The van der Waals surface area contributed by atoms with Gasteiger partial charge in [0.1, 0.15) is 0 Å². The molecule has 0 aliphatic rings. The second-order valence-electron chi connectivity index (χ2n) is 4.48. The van der Waals surface area contributed by atoms with Gasteiger partial charge in [-0.1, -0.05) is 0 Å². The van der Waals surface area contributed by atoms with Crippen LogP contribution in [0.3, 0.4) is 0 Å². The van der Waals surface area contributed by atoms with E-state index in [9.17, 15) is 4.79 Å². The third-order valence-corrected chi connectivity index (χ3v) is 2.96. The quantitative estimate of drug-likeness (QED) is 0.866. The van der Waals surface area contributed by atoms with Crippen LogP contribution in [0.25, 0.3) is 0 Å². The third-order valence-electron chi connectivity index (χ3n) is 2.96. The molecule has 2 heterocycles. The maximum absolute atomic E-state index is 11.7. The van der Waals surface area contributed by atoms with Gasteiger partial charge in [0.15, 0.2) is 0 Å². The highest BCUT2D eigenvalue weighted by molar-refractivity contribution is 5.90. The van der Waals surface area contributed by atoms with Crippen LogP contribution >= 0.6 is 0 Å². The molecule has 6 nitrogen and oxygen atoms in total. The number of rotatable bonds is 4. The SMILES string of the molecule is CCOC(=O)c1cnc(Nn2c(C)ccc2C)nc1C. The van der Waals surface area contributed by atoms with E-state index in [4.69, 9.17) is 4.74 Å². The molecule has 0 atom stereocenters. The summed E-state index contributed by atoms with van der Waals surface area (Å²) in [5.74, 6) is 0.0443. The lowest BCUT2D eigenvalue weighted by Gasteiger charge is -2.12. The summed E-state index contributed by atoms with van der Waals surface area (Å²) in [6.45, 7) is 7.83. The molecule has 0 aliphatic carbocycles. The van der Waals surface area contributed by atoms with E-state index in [0.717, 1.165) is 11.4 Å². The van der Waals surface area contributed by atoms with Gasteiger partial charge in [-0.25, -0.2) is 14.8 Å². The topological polar surface area (TPSA) is 69.0 Å². The van der Waals surface area contributed by atoms with E-state index in [-0.39, 0.29) is 0 Å². The normalized spacial score (nSPS) is 10.4. The molecule has 0 aliphatic heterocycles. The van der Waals surface area contributed by atoms with Crippen molar-refractivity contribution in [2.24, 2.45) is 0 Å². The van der Waals surface area contributed by atoms with Crippen LogP contribution in [-0.2, 0) is 4.74 Å². The van der Waals surface area contributed by atoms with Gasteiger partial charge in [0.05, 0.1) is 17.9 Å². The number of carbonyl (C=O) groups is 1. The monoisotopic (exact) mass is 274 g/mol. The fourth-order valence-electron chi connectivity index (χ4n) is 1.87. The van der Waals surface area contributed by atoms with Crippen LogP contribution in [0.5, 0.6) is 0 Å². The number of esters is 1. The van der Waals surface area contributed by atoms with Crippen LogP contribution in [0.2, 0.25) is 0 Å².